The highest BCUT2D eigenvalue weighted by molar-refractivity contribution is 5.66. The minimum atomic E-state index is 0.907. The molecule has 0 saturated heterocycles. The number of hydrogen-bond acceptors (Lipinski definition) is 1. The smallest absolute Gasteiger partial charge is 0.0452 e. The monoisotopic (exact) mass is 746 g/mol. The summed E-state index contributed by atoms with van der Waals surface area (Å²) in [5, 5.41) is 0. The van der Waals surface area contributed by atoms with Gasteiger partial charge in [-0.2, -0.15) is 0 Å². The van der Waals surface area contributed by atoms with E-state index in [4.69, 9.17) is 0 Å². The lowest BCUT2D eigenvalue weighted by Crippen LogP contribution is -2.14. The number of aryl methyl sites for hydroxylation is 2. The Hall–Kier alpha value is -5.14. The van der Waals surface area contributed by atoms with E-state index >= 15 is 0 Å². The second-order valence-electron chi connectivity index (χ2n) is 15.0. The number of unbranched alkanes of at least 4 members (excludes halogenated alkanes) is 2. The molecule has 0 amide bonds. The van der Waals surface area contributed by atoms with Crippen molar-refractivity contribution in [3.05, 3.63) is 213 Å². The fraction of sp³-hybridized carbons (Fsp3) is 0.309. The molecule has 0 unspecified atom stereocenters. The predicted molar refractivity (Wildman–Crippen MR) is 254 cm³/mol. The Bertz CT molecular complexity index is 1940. The van der Waals surface area contributed by atoms with E-state index in [1.165, 1.54) is 97.5 Å². The maximum atomic E-state index is 3.81. The zero-order valence-electron chi connectivity index (χ0n) is 37.0. The quantitative estimate of drug-likeness (QED) is 0.0964. The van der Waals surface area contributed by atoms with E-state index in [9.17, 15) is 0 Å². The van der Waals surface area contributed by atoms with Crippen molar-refractivity contribution in [2.45, 2.75) is 115 Å². The van der Waals surface area contributed by atoms with Crippen molar-refractivity contribution >= 4 is 11.3 Å². The Labute approximate surface area is 343 Å². The minimum absolute atomic E-state index is 0.907. The van der Waals surface area contributed by atoms with Gasteiger partial charge in [-0.3, -0.25) is 0 Å². The van der Waals surface area contributed by atoms with Crippen molar-refractivity contribution in [3.63, 3.8) is 0 Å². The molecule has 1 heteroatoms. The number of allylic oxidation sites excluding steroid dienone is 24. The summed E-state index contributed by atoms with van der Waals surface area (Å²) in [4.78, 5) is 2.29. The SMILES string of the molecule is C=C/C=C\C=C\N(/C(=C/C=C(C)/C(C)=C/C=C(C)/C(C)=C/C=C(C)/C(C)=C/C=C(C)/C(C)=C/C=C(\C)c1ccc(C)cc1)CC)c1ccc(CCCCC)cc1. The maximum Gasteiger partial charge on any atom is 0.0452 e. The van der Waals surface area contributed by atoms with Crippen molar-refractivity contribution in [1.29, 1.82) is 0 Å². The highest BCUT2D eigenvalue weighted by atomic mass is 15.1. The van der Waals surface area contributed by atoms with Gasteiger partial charge < -0.3 is 4.90 Å². The van der Waals surface area contributed by atoms with Crippen LogP contribution in [0, 0.1) is 6.92 Å². The van der Waals surface area contributed by atoms with Gasteiger partial charge in [-0.15, -0.1) is 0 Å². The molecule has 296 valence electrons. The van der Waals surface area contributed by atoms with Crippen LogP contribution in [0.5, 0.6) is 0 Å². The Kier molecular flexibility index (Phi) is 21.7. The molecule has 0 heterocycles. The summed E-state index contributed by atoms with van der Waals surface area (Å²) < 4.78 is 0. The molecular formula is C55H71N. The van der Waals surface area contributed by atoms with Crippen molar-refractivity contribution < 1.29 is 0 Å². The topological polar surface area (TPSA) is 3.24 Å². The van der Waals surface area contributed by atoms with E-state index in [1.807, 2.05) is 12.2 Å². The van der Waals surface area contributed by atoms with E-state index in [2.05, 4.69) is 216 Å². The van der Waals surface area contributed by atoms with Gasteiger partial charge in [0.05, 0.1) is 0 Å². The molecule has 0 fully saturated rings. The number of benzene rings is 2. The Morgan fingerprint density at radius 3 is 1.39 bits per heavy atom. The van der Waals surface area contributed by atoms with E-state index in [0.717, 1.165) is 12.8 Å². The predicted octanol–water partition coefficient (Wildman–Crippen LogP) is 16.8. The number of anilines is 1. The average molecular weight is 746 g/mol. The highest BCUT2D eigenvalue weighted by Crippen LogP contribution is 2.25. The van der Waals surface area contributed by atoms with Gasteiger partial charge in [-0.25, -0.2) is 0 Å². The van der Waals surface area contributed by atoms with Crippen LogP contribution in [0.15, 0.2) is 197 Å². The van der Waals surface area contributed by atoms with Gasteiger partial charge in [0.15, 0.2) is 0 Å². The molecule has 1 nitrogen and oxygen atoms in total. The lowest BCUT2D eigenvalue weighted by Gasteiger charge is -2.23. The first-order chi connectivity index (χ1) is 26.8. The summed E-state index contributed by atoms with van der Waals surface area (Å²) in [6.45, 7) is 30.1. The lowest BCUT2D eigenvalue weighted by molar-refractivity contribution is 0.717. The van der Waals surface area contributed by atoms with Gasteiger partial charge in [0.2, 0.25) is 0 Å². The van der Waals surface area contributed by atoms with Gasteiger partial charge in [-0.1, -0.05) is 148 Å². The molecule has 0 spiro atoms. The van der Waals surface area contributed by atoms with Gasteiger partial charge in [0.25, 0.3) is 0 Å². The summed E-state index contributed by atoms with van der Waals surface area (Å²) >= 11 is 0. The van der Waals surface area contributed by atoms with Gasteiger partial charge in [0.1, 0.15) is 0 Å². The largest absolute Gasteiger partial charge is 0.321 e. The molecule has 0 saturated carbocycles. The maximum absolute atomic E-state index is 3.81. The number of nitrogens with zero attached hydrogens (tertiary/aromatic N) is 1. The fourth-order valence-electron chi connectivity index (χ4n) is 5.58. The zero-order chi connectivity index (χ0) is 41.5. The first kappa shape index (κ1) is 47.0. The normalized spacial score (nSPS) is 15.1. The minimum Gasteiger partial charge on any atom is -0.321 e. The van der Waals surface area contributed by atoms with Gasteiger partial charge in [-0.05, 0) is 174 Å². The third-order valence-electron chi connectivity index (χ3n) is 10.4. The molecule has 2 rings (SSSR count). The fourth-order valence-corrected chi connectivity index (χ4v) is 5.58. The summed E-state index contributed by atoms with van der Waals surface area (Å²) in [5.74, 6) is 0. The van der Waals surface area contributed by atoms with Gasteiger partial charge >= 0.3 is 0 Å². The van der Waals surface area contributed by atoms with Crippen molar-refractivity contribution in [1.82, 2.24) is 0 Å². The molecule has 0 atom stereocenters. The van der Waals surface area contributed by atoms with E-state index < -0.39 is 0 Å². The summed E-state index contributed by atoms with van der Waals surface area (Å²) in [5.41, 5.74) is 17.6. The number of hydrogen-bond donors (Lipinski definition) is 0. The van der Waals surface area contributed by atoms with E-state index in [0.29, 0.717) is 0 Å². The Balaban J connectivity index is 2.20. The molecule has 2 aromatic rings. The average Bonchev–Trinajstić information content (AvgIpc) is 3.20. The lowest BCUT2D eigenvalue weighted by atomic mass is 10.0. The van der Waals surface area contributed by atoms with Crippen molar-refractivity contribution in [2.24, 2.45) is 0 Å². The van der Waals surface area contributed by atoms with Crippen LogP contribution in [0.25, 0.3) is 5.57 Å². The van der Waals surface area contributed by atoms with Gasteiger partial charge in [0, 0.05) is 17.6 Å². The van der Waals surface area contributed by atoms with Crippen LogP contribution in [0.3, 0.4) is 0 Å². The molecule has 0 bridgehead atoms. The van der Waals surface area contributed by atoms with Crippen molar-refractivity contribution in [2.75, 3.05) is 4.90 Å². The molecule has 0 N–H and O–H groups in total. The molecule has 0 radical (unpaired) electrons. The highest BCUT2D eigenvalue weighted by Gasteiger charge is 2.08. The molecule has 0 aliphatic rings. The first-order valence-corrected chi connectivity index (χ1v) is 20.5. The third kappa shape index (κ3) is 17.1. The number of rotatable bonds is 20. The van der Waals surface area contributed by atoms with Crippen LogP contribution in [0.2, 0.25) is 0 Å². The van der Waals surface area contributed by atoms with E-state index in [1.54, 1.807) is 6.08 Å². The first-order valence-electron chi connectivity index (χ1n) is 20.5. The van der Waals surface area contributed by atoms with Crippen LogP contribution in [0.4, 0.5) is 5.69 Å². The molecule has 0 aromatic heterocycles. The molecule has 2 aromatic carbocycles. The Morgan fingerprint density at radius 2 is 0.964 bits per heavy atom. The van der Waals surface area contributed by atoms with Crippen LogP contribution in [-0.2, 0) is 6.42 Å². The molecule has 56 heavy (non-hydrogen) atoms. The summed E-state index contributed by atoms with van der Waals surface area (Å²) in [6.07, 6.45) is 38.1. The molecule has 0 aliphatic carbocycles. The summed E-state index contributed by atoms with van der Waals surface area (Å²) in [6, 6.07) is 17.8. The second-order valence-corrected chi connectivity index (χ2v) is 15.0. The van der Waals surface area contributed by atoms with Crippen LogP contribution in [0.1, 0.15) is 119 Å². The van der Waals surface area contributed by atoms with Crippen molar-refractivity contribution in [3.8, 4) is 0 Å². The molecular weight excluding hydrogens is 675 g/mol. The van der Waals surface area contributed by atoms with Crippen LogP contribution in [-0.4, -0.2) is 0 Å². The zero-order valence-corrected chi connectivity index (χ0v) is 37.0. The standard InChI is InChI=1S/C55H71N/c1-14-17-19-21-41-56(55-39-34-52(35-40-55)22-20-18-15-2)54(16-3)38-33-50(12)48(10)30-29-46(8)44(6)26-25-43(5)45(7)27-28-47(9)49(11)31-32-51(13)53-36-23-42(4)24-37-53/h14,17,19,21,23-41H,1,15-16,18,20,22H2,2-13H3/b19-17-,41-21+,43-25+,44-26+,45-27+,46-29+,47-28+,48-30+,49-31+,50-33+,51-32+,54-38+. The summed E-state index contributed by atoms with van der Waals surface area (Å²) in [7, 11) is 0. The third-order valence-corrected chi connectivity index (χ3v) is 10.4. The van der Waals surface area contributed by atoms with Crippen LogP contribution < -0.4 is 4.90 Å². The molecule has 0 aliphatic heterocycles. The van der Waals surface area contributed by atoms with E-state index in [-0.39, 0.29) is 0 Å². The Morgan fingerprint density at radius 1 is 0.518 bits per heavy atom. The second kappa shape index (κ2) is 25.8. The van der Waals surface area contributed by atoms with Crippen LogP contribution >= 0.6 is 0 Å².